The molecule has 0 aliphatic rings. The third kappa shape index (κ3) is 4.25. The highest BCUT2D eigenvalue weighted by atomic mass is 32.2. The van der Waals surface area contributed by atoms with Crippen LogP contribution in [0.5, 0.6) is 0 Å². The van der Waals surface area contributed by atoms with Gasteiger partial charge in [0, 0.05) is 0 Å². The predicted octanol–water partition coefficient (Wildman–Crippen LogP) is 3.05. The van der Waals surface area contributed by atoms with E-state index in [2.05, 4.69) is 25.5 Å². The SMILES string of the molecule is CCC/C(C)=C\SC. The van der Waals surface area contributed by atoms with Crippen molar-refractivity contribution in [2.24, 2.45) is 0 Å². The zero-order valence-electron chi connectivity index (χ0n) is 5.90. The zero-order valence-corrected chi connectivity index (χ0v) is 6.72. The van der Waals surface area contributed by atoms with Crippen LogP contribution in [0.15, 0.2) is 11.0 Å². The normalized spacial score (nSPS) is 12.1. The summed E-state index contributed by atoms with van der Waals surface area (Å²) in [6.07, 6.45) is 4.61. The maximum absolute atomic E-state index is 2.21. The second-order valence-electron chi connectivity index (χ2n) is 1.95. The minimum absolute atomic E-state index is 1.25. The topological polar surface area (TPSA) is 0 Å². The Labute approximate surface area is 56.4 Å². The molecule has 0 rings (SSSR count). The monoisotopic (exact) mass is 130 g/mol. The summed E-state index contributed by atoms with van der Waals surface area (Å²) in [5.74, 6) is 0. The lowest BCUT2D eigenvalue weighted by Gasteiger charge is -1.92. The number of hydrogen-bond acceptors (Lipinski definition) is 1. The van der Waals surface area contributed by atoms with Crippen molar-refractivity contribution in [2.45, 2.75) is 26.7 Å². The Morgan fingerprint density at radius 3 is 2.62 bits per heavy atom. The Kier molecular flexibility index (Phi) is 5.29. The summed E-state index contributed by atoms with van der Waals surface area (Å²) in [5, 5.41) is 2.21. The van der Waals surface area contributed by atoms with Gasteiger partial charge in [-0.05, 0) is 25.0 Å². The van der Waals surface area contributed by atoms with E-state index in [0.717, 1.165) is 0 Å². The van der Waals surface area contributed by atoms with Gasteiger partial charge in [0.05, 0.1) is 0 Å². The van der Waals surface area contributed by atoms with Crippen molar-refractivity contribution in [3.05, 3.63) is 11.0 Å². The second kappa shape index (κ2) is 5.23. The number of thioether (sulfide) groups is 1. The molecule has 0 aromatic heterocycles. The summed E-state index contributed by atoms with van der Waals surface area (Å²) >= 11 is 1.79. The quantitative estimate of drug-likeness (QED) is 0.566. The van der Waals surface area contributed by atoms with Gasteiger partial charge in [0.1, 0.15) is 0 Å². The van der Waals surface area contributed by atoms with Gasteiger partial charge < -0.3 is 0 Å². The van der Waals surface area contributed by atoms with E-state index in [1.807, 2.05) is 0 Å². The first-order valence-electron chi connectivity index (χ1n) is 2.99. The minimum Gasteiger partial charge on any atom is -0.138 e. The predicted molar refractivity (Wildman–Crippen MR) is 42.2 cm³/mol. The summed E-state index contributed by atoms with van der Waals surface area (Å²) in [5.41, 5.74) is 1.50. The lowest BCUT2D eigenvalue weighted by Crippen LogP contribution is -1.70. The van der Waals surface area contributed by atoms with Gasteiger partial charge in [0.2, 0.25) is 0 Å². The van der Waals surface area contributed by atoms with Gasteiger partial charge in [-0.15, -0.1) is 11.8 Å². The Morgan fingerprint density at radius 2 is 2.25 bits per heavy atom. The van der Waals surface area contributed by atoms with Crippen LogP contribution in [-0.2, 0) is 0 Å². The molecule has 0 heterocycles. The fourth-order valence-corrected chi connectivity index (χ4v) is 1.17. The van der Waals surface area contributed by atoms with Crippen molar-refractivity contribution in [1.82, 2.24) is 0 Å². The molecule has 0 aromatic rings. The fraction of sp³-hybridized carbons (Fsp3) is 0.714. The van der Waals surface area contributed by atoms with Crippen LogP contribution in [0.25, 0.3) is 0 Å². The molecule has 0 saturated carbocycles. The van der Waals surface area contributed by atoms with Crippen molar-refractivity contribution in [3.8, 4) is 0 Å². The van der Waals surface area contributed by atoms with Gasteiger partial charge in [-0.1, -0.05) is 18.9 Å². The van der Waals surface area contributed by atoms with Gasteiger partial charge in [-0.25, -0.2) is 0 Å². The highest BCUT2D eigenvalue weighted by Crippen LogP contribution is 2.07. The van der Waals surface area contributed by atoms with Crippen LogP contribution < -0.4 is 0 Å². The molecule has 0 radical (unpaired) electrons. The van der Waals surface area contributed by atoms with Crippen LogP contribution in [0.4, 0.5) is 0 Å². The first-order chi connectivity index (χ1) is 3.81. The van der Waals surface area contributed by atoms with Gasteiger partial charge in [-0.3, -0.25) is 0 Å². The van der Waals surface area contributed by atoms with Crippen molar-refractivity contribution in [1.29, 1.82) is 0 Å². The van der Waals surface area contributed by atoms with Crippen molar-refractivity contribution in [3.63, 3.8) is 0 Å². The zero-order chi connectivity index (χ0) is 6.41. The highest BCUT2D eigenvalue weighted by Gasteiger charge is 1.82. The molecule has 0 unspecified atom stereocenters. The number of hydrogen-bond donors (Lipinski definition) is 0. The molecule has 0 aliphatic heterocycles. The summed E-state index contributed by atoms with van der Waals surface area (Å²) < 4.78 is 0. The van der Waals surface area contributed by atoms with Gasteiger partial charge >= 0.3 is 0 Å². The Morgan fingerprint density at radius 1 is 1.62 bits per heavy atom. The molecular formula is C7H14S. The molecule has 48 valence electrons. The first kappa shape index (κ1) is 8.09. The summed E-state index contributed by atoms with van der Waals surface area (Å²) in [4.78, 5) is 0. The highest BCUT2D eigenvalue weighted by molar-refractivity contribution is 8.01. The summed E-state index contributed by atoms with van der Waals surface area (Å²) in [7, 11) is 0. The molecule has 0 aromatic carbocycles. The second-order valence-corrected chi connectivity index (χ2v) is 2.66. The molecule has 0 amide bonds. The molecular weight excluding hydrogens is 116 g/mol. The maximum atomic E-state index is 2.21. The van der Waals surface area contributed by atoms with E-state index >= 15 is 0 Å². The minimum atomic E-state index is 1.25. The van der Waals surface area contributed by atoms with Crippen LogP contribution in [0, 0.1) is 0 Å². The molecule has 0 saturated heterocycles. The molecule has 0 N–H and O–H groups in total. The van der Waals surface area contributed by atoms with E-state index in [-0.39, 0.29) is 0 Å². The maximum Gasteiger partial charge on any atom is -0.0142 e. The molecule has 0 spiro atoms. The fourth-order valence-electron chi connectivity index (χ4n) is 0.654. The third-order valence-corrected chi connectivity index (χ3v) is 1.60. The van der Waals surface area contributed by atoms with E-state index in [4.69, 9.17) is 0 Å². The van der Waals surface area contributed by atoms with Gasteiger partial charge in [-0.2, -0.15) is 0 Å². The number of allylic oxidation sites excluding steroid dienone is 1. The van der Waals surface area contributed by atoms with Crippen molar-refractivity contribution >= 4 is 11.8 Å². The van der Waals surface area contributed by atoms with Crippen molar-refractivity contribution < 1.29 is 0 Å². The van der Waals surface area contributed by atoms with E-state index in [1.165, 1.54) is 18.4 Å². The molecule has 0 bridgehead atoms. The molecule has 0 atom stereocenters. The van der Waals surface area contributed by atoms with Crippen molar-refractivity contribution in [2.75, 3.05) is 6.26 Å². The van der Waals surface area contributed by atoms with E-state index in [1.54, 1.807) is 11.8 Å². The molecule has 0 fully saturated rings. The smallest absolute Gasteiger partial charge is 0.0142 e. The van der Waals surface area contributed by atoms with E-state index < -0.39 is 0 Å². The van der Waals surface area contributed by atoms with Gasteiger partial charge in [0.15, 0.2) is 0 Å². The van der Waals surface area contributed by atoms with E-state index in [0.29, 0.717) is 0 Å². The molecule has 8 heavy (non-hydrogen) atoms. The lowest BCUT2D eigenvalue weighted by molar-refractivity contribution is 0.908. The standard InChI is InChI=1S/C7H14S/c1-4-5-7(2)6-8-3/h6H,4-5H2,1-3H3/b7-6-. The van der Waals surface area contributed by atoms with Crippen LogP contribution in [-0.4, -0.2) is 6.26 Å². The summed E-state index contributed by atoms with van der Waals surface area (Å²) in [6.45, 7) is 4.39. The third-order valence-electron chi connectivity index (χ3n) is 0.963. The molecule has 1 heteroatoms. The average Bonchev–Trinajstić information content (AvgIpc) is 1.68. The van der Waals surface area contributed by atoms with Crippen LogP contribution >= 0.6 is 11.8 Å². The summed E-state index contributed by atoms with van der Waals surface area (Å²) in [6, 6.07) is 0. The lowest BCUT2D eigenvalue weighted by atomic mass is 10.2. The Balaban J connectivity index is 3.29. The Bertz CT molecular complexity index is 74.5. The number of rotatable bonds is 3. The largest absolute Gasteiger partial charge is 0.138 e. The van der Waals surface area contributed by atoms with Gasteiger partial charge in [0.25, 0.3) is 0 Å². The van der Waals surface area contributed by atoms with Crippen LogP contribution in [0.1, 0.15) is 26.7 Å². The molecule has 0 aliphatic carbocycles. The first-order valence-corrected chi connectivity index (χ1v) is 4.28. The Hall–Kier alpha value is 0.0900. The van der Waals surface area contributed by atoms with E-state index in [9.17, 15) is 0 Å². The molecule has 0 nitrogen and oxygen atoms in total. The van der Waals surface area contributed by atoms with Crippen LogP contribution in [0.3, 0.4) is 0 Å². The van der Waals surface area contributed by atoms with Crippen LogP contribution in [0.2, 0.25) is 0 Å². The average molecular weight is 130 g/mol.